The maximum atomic E-state index is 7.26. The lowest BCUT2D eigenvalue weighted by atomic mass is 9.33. The smallest absolute Gasteiger partial charge is 0.262 e. The van der Waals surface area contributed by atoms with Crippen LogP contribution in [0.5, 0.6) is 0 Å². The van der Waals surface area contributed by atoms with E-state index >= 15 is 0 Å². The minimum absolute atomic E-state index is 0.178. The Bertz CT molecular complexity index is 4170. The second kappa shape index (κ2) is 12.7. The number of hydrogen-bond donors (Lipinski definition) is 0. The molecule has 5 heteroatoms. The first-order valence-corrected chi connectivity index (χ1v) is 22.5. The zero-order chi connectivity index (χ0) is 42.7. The Morgan fingerprint density at radius 1 is 0.323 bits per heavy atom. The number of anilines is 6. The third-order valence-electron chi connectivity index (χ3n) is 14.5. The summed E-state index contributed by atoms with van der Waals surface area (Å²) >= 11 is 0. The van der Waals surface area contributed by atoms with Gasteiger partial charge in [0.2, 0.25) is 11.8 Å². The Hall–Kier alpha value is -8.28. The first-order valence-electron chi connectivity index (χ1n) is 22.5. The van der Waals surface area contributed by atoms with Crippen molar-refractivity contribution in [2.75, 3.05) is 9.80 Å². The molecule has 0 spiro atoms. The summed E-state index contributed by atoms with van der Waals surface area (Å²) in [5, 5.41) is 17.1. The average molecular weight is 829 g/mol. The highest BCUT2D eigenvalue weighted by Crippen LogP contribution is 2.51. The summed E-state index contributed by atoms with van der Waals surface area (Å²) in [6.07, 6.45) is 0. The van der Waals surface area contributed by atoms with Gasteiger partial charge in [0.25, 0.3) is 6.71 Å². The fourth-order valence-corrected chi connectivity index (χ4v) is 11.9. The van der Waals surface area contributed by atoms with E-state index in [4.69, 9.17) is 8.83 Å². The van der Waals surface area contributed by atoms with Crippen LogP contribution in [0, 0.1) is 13.8 Å². The molecule has 302 valence electrons. The molecule has 0 saturated heterocycles. The van der Waals surface area contributed by atoms with Crippen molar-refractivity contribution in [3.63, 3.8) is 0 Å². The summed E-state index contributed by atoms with van der Waals surface area (Å²) in [5.41, 5.74) is 12.0. The van der Waals surface area contributed by atoms with Gasteiger partial charge in [-0.25, -0.2) is 0 Å². The number of aryl methyl sites for hydroxylation is 2. The molecule has 2 aliphatic heterocycles. The van der Waals surface area contributed by atoms with E-state index in [1.54, 1.807) is 0 Å². The minimum Gasteiger partial charge on any atom is -0.440 e. The molecule has 0 saturated carbocycles. The number of hydrogen-bond acceptors (Lipinski definition) is 4. The molecule has 15 rings (SSSR count). The Kier molecular flexibility index (Phi) is 6.87. The molecule has 65 heavy (non-hydrogen) atoms. The Balaban J connectivity index is 1.09. The molecule has 0 unspecified atom stereocenters. The second-order valence-electron chi connectivity index (χ2n) is 18.1. The number of furan rings is 2. The summed E-state index contributed by atoms with van der Waals surface area (Å²) < 4.78 is 14.5. The monoisotopic (exact) mass is 828 g/mol. The van der Waals surface area contributed by atoms with E-state index in [2.05, 4.69) is 212 Å². The summed E-state index contributed by atoms with van der Waals surface area (Å²) in [6, 6.07) is 69.1. The third-order valence-corrected chi connectivity index (χ3v) is 14.5. The zero-order valence-electron chi connectivity index (χ0n) is 35.7. The first kappa shape index (κ1) is 35.2. The molecule has 4 heterocycles. The molecule has 0 aliphatic carbocycles. The van der Waals surface area contributed by atoms with Gasteiger partial charge in [0.15, 0.2) is 0 Å². The average Bonchev–Trinajstić information content (AvgIpc) is 3.92. The van der Waals surface area contributed by atoms with E-state index < -0.39 is 0 Å². The van der Waals surface area contributed by atoms with Crippen molar-refractivity contribution >= 4 is 144 Å². The van der Waals surface area contributed by atoms with Gasteiger partial charge in [0.05, 0.1) is 5.69 Å². The first-order chi connectivity index (χ1) is 32.1. The van der Waals surface area contributed by atoms with Gasteiger partial charge in [-0.2, -0.15) is 0 Å². The summed E-state index contributed by atoms with van der Waals surface area (Å²) in [7, 11) is 0. The number of nitrogens with zero attached hydrogens (tertiary/aromatic N) is 2. The van der Waals surface area contributed by atoms with Crippen molar-refractivity contribution in [1.82, 2.24) is 0 Å². The van der Waals surface area contributed by atoms with Gasteiger partial charge < -0.3 is 8.83 Å². The largest absolute Gasteiger partial charge is 0.440 e. The Morgan fingerprint density at radius 3 is 1.29 bits per heavy atom. The number of benzene rings is 11. The van der Waals surface area contributed by atoms with Gasteiger partial charge in [-0.3, -0.25) is 9.80 Å². The van der Waals surface area contributed by atoms with Crippen molar-refractivity contribution in [3.05, 3.63) is 199 Å². The van der Waals surface area contributed by atoms with Crippen LogP contribution < -0.4 is 26.2 Å². The normalized spacial score (nSPS) is 13.3. The highest BCUT2D eigenvalue weighted by Gasteiger charge is 2.49. The molecule has 2 aliphatic rings. The van der Waals surface area contributed by atoms with E-state index in [0.717, 1.165) is 67.4 Å². The van der Waals surface area contributed by atoms with Crippen LogP contribution in [0.15, 0.2) is 197 Å². The molecule has 0 atom stereocenters. The highest BCUT2D eigenvalue weighted by molar-refractivity contribution is 7.02. The maximum absolute atomic E-state index is 7.26. The van der Waals surface area contributed by atoms with Gasteiger partial charge in [0.1, 0.15) is 11.2 Å². The lowest BCUT2D eigenvalue weighted by Crippen LogP contribution is -2.60. The Morgan fingerprint density at radius 2 is 0.738 bits per heavy atom. The van der Waals surface area contributed by atoms with E-state index in [-0.39, 0.29) is 6.71 Å². The molecular formula is C60H37BN2O2. The minimum atomic E-state index is -0.178. The van der Waals surface area contributed by atoms with Gasteiger partial charge >= 0.3 is 0 Å². The van der Waals surface area contributed by atoms with E-state index in [1.165, 1.54) is 81.2 Å². The van der Waals surface area contributed by atoms with Crippen molar-refractivity contribution in [1.29, 1.82) is 0 Å². The molecule has 13 aromatic rings. The van der Waals surface area contributed by atoms with Crippen LogP contribution >= 0.6 is 0 Å². The fourth-order valence-electron chi connectivity index (χ4n) is 11.9. The van der Waals surface area contributed by atoms with Crippen LogP contribution in [0.25, 0.3) is 86.6 Å². The molecule has 0 radical (unpaired) electrons. The molecule has 0 N–H and O–H groups in total. The van der Waals surface area contributed by atoms with Crippen LogP contribution in [0.2, 0.25) is 0 Å². The second-order valence-corrected chi connectivity index (χ2v) is 18.1. The Labute approximate surface area is 374 Å². The molecule has 4 nitrogen and oxygen atoms in total. The lowest BCUT2D eigenvalue weighted by Gasteiger charge is -2.40. The highest BCUT2D eigenvalue weighted by atomic mass is 16.4. The van der Waals surface area contributed by atoms with E-state index in [9.17, 15) is 0 Å². The quantitative estimate of drug-likeness (QED) is 0.128. The topological polar surface area (TPSA) is 32.8 Å². The number of fused-ring (bicyclic) bond motifs is 20. The molecule has 0 bridgehead atoms. The van der Waals surface area contributed by atoms with Crippen molar-refractivity contribution in [2.24, 2.45) is 0 Å². The van der Waals surface area contributed by atoms with Crippen molar-refractivity contribution in [3.8, 4) is 0 Å². The van der Waals surface area contributed by atoms with Gasteiger partial charge in [-0.05, 0) is 133 Å². The zero-order valence-corrected chi connectivity index (χ0v) is 35.7. The summed E-state index contributed by atoms with van der Waals surface area (Å²) in [5.74, 6) is 1.68. The number of rotatable bonds is 2. The SMILES string of the molecule is Cc1ccc2oc3c(c2c1)B1c2c(cccc2N(c2cccc4c5ccccc5c5ccccc5c24)c2oc4ccc(C)cc4c21)N3c1ccc2c3ccccc3c3ccccc3c2c1. The van der Waals surface area contributed by atoms with Gasteiger partial charge in [0, 0.05) is 44.1 Å². The lowest BCUT2D eigenvalue weighted by molar-refractivity contribution is 0.621. The predicted molar refractivity (Wildman–Crippen MR) is 275 cm³/mol. The van der Waals surface area contributed by atoms with Crippen LogP contribution in [0.3, 0.4) is 0 Å². The maximum Gasteiger partial charge on any atom is 0.262 e. The van der Waals surface area contributed by atoms with E-state index in [1.807, 2.05) is 0 Å². The van der Waals surface area contributed by atoms with Gasteiger partial charge in [-0.15, -0.1) is 0 Å². The predicted octanol–water partition coefficient (Wildman–Crippen LogP) is 14.8. The van der Waals surface area contributed by atoms with Crippen LogP contribution in [-0.2, 0) is 0 Å². The molecule has 2 aromatic heterocycles. The summed E-state index contributed by atoms with van der Waals surface area (Å²) in [6.45, 7) is 4.18. The molecule has 0 fully saturated rings. The van der Waals surface area contributed by atoms with E-state index in [0.29, 0.717) is 0 Å². The third kappa shape index (κ3) is 4.61. The van der Waals surface area contributed by atoms with Gasteiger partial charge in [-0.1, -0.05) is 145 Å². The summed E-state index contributed by atoms with van der Waals surface area (Å²) in [4.78, 5) is 4.83. The van der Waals surface area contributed by atoms with Crippen LogP contribution in [0.1, 0.15) is 11.1 Å². The fraction of sp³-hybridized carbons (Fsp3) is 0.0333. The standard InChI is InChI=1S/C60H37BN2O2/c1-34-25-29-53-48(31-34)56-59(64-53)62(36-27-28-44-39-15-4-3-13-37(39)38-14-6-8-19-43(38)47(44)33-36)51-23-12-24-52-58(51)61(56)57-49-32-35(2)26-30-54(49)65-60(57)63(52)50-22-11-21-46-42-17-7-5-16-40(42)41-18-9-10-20-45(41)55(46)50/h3-33H,1-2H3. The van der Waals surface area contributed by atoms with Crippen LogP contribution in [-0.4, -0.2) is 6.71 Å². The van der Waals surface area contributed by atoms with Crippen molar-refractivity contribution < 1.29 is 8.83 Å². The molecular weight excluding hydrogens is 791 g/mol. The van der Waals surface area contributed by atoms with Crippen LogP contribution in [0.4, 0.5) is 34.5 Å². The molecule has 0 amide bonds. The molecule has 11 aromatic carbocycles. The van der Waals surface area contributed by atoms with Crippen molar-refractivity contribution in [2.45, 2.75) is 13.8 Å².